The van der Waals surface area contributed by atoms with Gasteiger partial charge in [-0.3, -0.25) is 9.67 Å². The summed E-state index contributed by atoms with van der Waals surface area (Å²) in [4.78, 5) is 4.28. The van der Waals surface area contributed by atoms with Crippen molar-refractivity contribution in [1.82, 2.24) is 14.8 Å². The first-order valence-corrected chi connectivity index (χ1v) is 6.41. The first kappa shape index (κ1) is 15.1. The van der Waals surface area contributed by atoms with Gasteiger partial charge in [-0.25, -0.2) is 0 Å². The average Bonchev–Trinajstić information content (AvgIpc) is 2.82. The summed E-state index contributed by atoms with van der Waals surface area (Å²) in [6.45, 7) is 0.667. The van der Waals surface area contributed by atoms with Crippen LogP contribution in [-0.2, 0) is 13.0 Å². The molecule has 0 amide bonds. The van der Waals surface area contributed by atoms with Crippen LogP contribution in [0.1, 0.15) is 5.69 Å². The van der Waals surface area contributed by atoms with Crippen LogP contribution in [-0.4, -0.2) is 27.0 Å². The number of nitrogens with zero attached hydrogens (tertiary/aromatic N) is 3. The summed E-state index contributed by atoms with van der Waals surface area (Å²) in [5, 5.41) is 14.8. The summed E-state index contributed by atoms with van der Waals surface area (Å²) < 4.78 is 6.95. The first-order valence-electron chi connectivity index (χ1n) is 6.41. The number of hydrogen-bond donors (Lipinski definition) is 1. The van der Waals surface area contributed by atoms with E-state index in [0.717, 1.165) is 17.6 Å². The van der Waals surface area contributed by atoms with Crippen molar-refractivity contribution in [2.24, 2.45) is 0 Å². The average molecular weight is 306 g/mol. The van der Waals surface area contributed by atoms with Gasteiger partial charge < -0.3 is 9.84 Å². The molecule has 0 radical (unpaired) electrons. The van der Waals surface area contributed by atoms with E-state index >= 15 is 0 Å². The molecule has 2 aromatic heterocycles. The van der Waals surface area contributed by atoms with Gasteiger partial charge in [0.15, 0.2) is 0 Å². The molecule has 0 saturated heterocycles. The molecule has 2 heterocycles. The molecule has 5 nitrogen and oxygen atoms in total. The number of halogens is 1. The first-order chi connectivity index (χ1) is 9.78. The summed E-state index contributed by atoms with van der Waals surface area (Å²) in [5.41, 5.74) is 1.89. The smallest absolute Gasteiger partial charge is 0.238 e. The minimum atomic E-state index is 0. The zero-order valence-corrected chi connectivity index (χ0v) is 12.4. The van der Waals surface area contributed by atoms with E-state index in [4.69, 9.17) is 4.74 Å². The lowest BCUT2D eigenvalue weighted by Gasteiger charge is -2.03. The fraction of sp³-hybridized carbons (Fsp3) is 0.200. The molecule has 3 rings (SSSR count). The van der Waals surface area contributed by atoms with Crippen LogP contribution in [0, 0.1) is 0 Å². The summed E-state index contributed by atoms with van der Waals surface area (Å²) in [5.74, 6) is 0.733. The number of pyridine rings is 1. The van der Waals surface area contributed by atoms with Gasteiger partial charge in [-0.2, -0.15) is 0 Å². The molecule has 0 fully saturated rings. The Morgan fingerprint density at radius 1 is 1.24 bits per heavy atom. The molecule has 0 atom stereocenters. The molecule has 1 N–H and O–H groups in total. The number of aryl methyl sites for hydroxylation is 2. The zero-order valence-electron chi connectivity index (χ0n) is 11.6. The van der Waals surface area contributed by atoms with Crippen LogP contribution >= 0.6 is 12.4 Å². The topological polar surface area (TPSA) is 60.2 Å². The van der Waals surface area contributed by atoms with Crippen molar-refractivity contribution in [3.8, 4) is 11.6 Å². The second kappa shape index (κ2) is 6.45. The maximum Gasteiger partial charge on any atom is 0.238 e. The van der Waals surface area contributed by atoms with Gasteiger partial charge in [0, 0.05) is 24.9 Å². The highest BCUT2D eigenvalue weighted by molar-refractivity contribution is 5.86. The maximum atomic E-state index is 9.91. The molecule has 21 heavy (non-hydrogen) atoms. The molecule has 0 aliphatic rings. The molecule has 1 aromatic carbocycles. The van der Waals surface area contributed by atoms with E-state index in [9.17, 15) is 5.11 Å². The Balaban J connectivity index is 0.00000161. The normalized spacial score (nSPS) is 10.3. The van der Waals surface area contributed by atoms with Crippen molar-refractivity contribution in [2.75, 3.05) is 7.11 Å². The highest BCUT2D eigenvalue weighted by atomic mass is 35.5. The number of hydrogen-bond acceptors (Lipinski definition) is 4. The lowest BCUT2D eigenvalue weighted by molar-refractivity contribution is 0.415. The van der Waals surface area contributed by atoms with Crippen LogP contribution in [0.5, 0.6) is 11.6 Å². The van der Waals surface area contributed by atoms with Crippen molar-refractivity contribution in [3.63, 3.8) is 0 Å². The summed E-state index contributed by atoms with van der Waals surface area (Å²) >= 11 is 0. The summed E-state index contributed by atoms with van der Waals surface area (Å²) in [6, 6.07) is 11.4. The second-order valence-electron chi connectivity index (χ2n) is 4.50. The third-order valence-electron chi connectivity index (χ3n) is 3.24. The van der Waals surface area contributed by atoms with Crippen LogP contribution in [0.3, 0.4) is 0 Å². The molecule has 0 aliphatic heterocycles. The molecule has 110 valence electrons. The van der Waals surface area contributed by atoms with E-state index in [1.165, 1.54) is 0 Å². The van der Waals surface area contributed by atoms with Crippen LogP contribution < -0.4 is 4.74 Å². The standard InChI is InChI=1S/C15H15N3O2.ClH/c1-20-12-5-6-14-13(10-12)15(19)17-18(14)9-7-11-4-2-3-8-16-11;/h2-6,8,10H,7,9H2,1H3,(H,17,19);1H. The number of fused-ring (bicyclic) bond motifs is 1. The van der Waals surface area contributed by atoms with Crippen LogP contribution in [0.25, 0.3) is 10.9 Å². The molecular weight excluding hydrogens is 290 g/mol. The predicted octanol–water partition coefficient (Wildman–Crippen LogP) is 2.81. The van der Waals surface area contributed by atoms with Gasteiger partial charge in [0.25, 0.3) is 0 Å². The van der Waals surface area contributed by atoms with Crippen molar-refractivity contribution in [2.45, 2.75) is 13.0 Å². The van der Waals surface area contributed by atoms with E-state index < -0.39 is 0 Å². The second-order valence-corrected chi connectivity index (χ2v) is 4.50. The van der Waals surface area contributed by atoms with E-state index in [0.29, 0.717) is 17.7 Å². The third kappa shape index (κ3) is 3.08. The highest BCUT2D eigenvalue weighted by Crippen LogP contribution is 2.27. The van der Waals surface area contributed by atoms with Gasteiger partial charge in [0.05, 0.1) is 18.0 Å². The molecule has 0 saturated carbocycles. The number of aromatic nitrogens is 3. The Morgan fingerprint density at radius 2 is 2.10 bits per heavy atom. The van der Waals surface area contributed by atoms with E-state index in [1.54, 1.807) is 24.1 Å². The van der Waals surface area contributed by atoms with E-state index in [1.807, 2.05) is 30.3 Å². The number of ether oxygens (including phenoxy) is 1. The Labute approximate surface area is 128 Å². The number of aromatic hydroxyl groups is 1. The van der Waals surface area contributed by atoms with Crippen LogP contribution in [0.15, 0.2) is 42.6 Å². The van der Waals surface area contributed by atoms with Gasteiger partial charge in [0.2, 0.25) is 5.88 Å². The number of methoxy groups -OCH3 is 1. The van der Waals surface area contributed by atoms with Crippen molar-refractivity contribution in [1.29, 1.82) is 0 Å². The lowest BCUT2D eigenvalue weighted by atomic mass is 10.2. The Bertz CT molecular complexity index is 728. The molecule has 0 unspecified atom stereocenters. The summed E-state index contributed by atoms with van der Waals surface area (Å²) in [7, 11) is 1.60. The van der Waals surface area contributed by atoms with Crippen molar-refractivity contribution < 1.29 is 9.84 Å². The Kier molecular flexibility index (Phi) is 4.65. The van der Waals surface area contributed by atoms with Gasteiger partial charge in [-0.05, 0) is 30.3 Å². The monoisotopic (exact) mass is 305 g/mol. The van der Waals surface area contributed by atoms with Crippen LogP contribution in [0.2, 0.25) is 0 Å². The minimum absolute atomic E-state index is 0. The minimum Gasteiger partial charge on any atom is -0.497 e. The quantitative estimate of drug-likeness (QED) is 0.805. The van der Waals surface area contributed by atoms with E-state index in [2.05, 4.69) is 10.1 Å². The molecule has 6 heteroatoms. The molecule has 3 aromatic rings. The number of rotatable bonds is 4. The lowest BCUT2D eigenvalue weighted by Crippen LogP contribution is -2.03. The summed E-state index contributed by atoms with van der Waals surface area (Å²) in [6.07, 6.45) is 2.54. The van der Waals surface area contributed by atoms with Crippen LogP contribution in [0.4, 0.5) is 0 Å². The Hall–Kier alpha value is -2.27. The molecular formula is C15H16ClN3O2. The molecule has 0 bridgehead atoms. The fourth-order valence-electron chi connectivity index (χ4n) is 2.21. The SMILES string of the molecule is COc1ccc2c(c1)c(O)nn2CCc1ccccn1.Cl. The Morgan fingerprint density at radius 3 is 2.81 bits per heavy atom. The third-order valence-corrected chi connectivity index (χ3v) is 3.24. The van der Waals surface area contributed by atoms with Gasteiger partial charge >= 0.3 is 0 Å². The molecule has 0 aliphatic carbocycles. The molecule has 0 spiro atoms. The van der Waals surface area contributed by atoms with Gasteiger partial charge in [-0.15, -0.1) is 17.5 Å². The fourth-order valence-corrected chi connectivity index (χ4v) is 2.21. The van der Waals surface area contributed by atoms with Crippen molar-refractivity contribution >= 4 is 23.3 Å². The predicted molar refractivity (Wildman–Crippen MR) is 83.1 cm³/mol. The largest absolute Gasteiger partial charge is 0.497 e. The van der Waals surface area contributed by atoms with E-state index in [-0.39, 0.29) is 18.3 Å². The number of benzene rings is 1. The highest BCUT2D eigenvalue weighted by Gasteiger charge is 2.10. The van der Waals surface area contributed by atoms with Gasteiger partial charge in [-0.1, -0.05) is 6.07 Å². The van der Waals surface area contributed by atoms with Crippen molar-refractivity contribution in [3.05, 3.63) is 48.3 Å². The maximum absolute atomic E-state index is 9.91. The zero-order chi connectivity index (χ0) is 13.9. The van der Waals surface area contributed by atoms with Gasteiger partial charge in [0.1, 0.15) is 5.75 Å².